The largest absolute Gasteiger partial charge is 0.381 e. The maximum absolute atomic E-state index is 12.3. The fraction of sp³-hybridized carbons (Fsp3) is 0.857. The highest BCUT2D eigenvalue weighted by Gasteiger charge is 2.40. The standard InChI is InChI=1S/C7H9ClF2O2/c8-7(9,10)6(11)5-1-3-12-4-2-5/h5H,1-4H2. The van der Waals surface area contributed by atoms with E-state index in [1.54, 1.807) is 0 Å². The van der Waals surface area contributed by atoms with E-state index in [-0.39, 0.29) is 0 Å². The number of hydrogen-bond donors (Lipinski definition) is 0. The first-order valence-corrected chi connectivity index (χ1v) is 4.08. The van der Waals surface area contributed by atoms with Crippen molar-refractivity contribution in [2.24, 2.45) is 5.92 Å². The van der Waals surface area contributed by atoms with Gasteiger partial charge in [-0.2, -0.15) is 8.78 Å². The van der Waals surface area contributed by atoms with Gasteiger partial charge in [-0.1, -0.05) is 0 Å². The van der Waals surface area contributed by atoms with Gasteiger partial charge < -0.3 is 4.74 Å². The smallest absolute Gasteiger partial charge is 0.380 e. The van der Waals surface area contributed by atoms with E-state index in [9.17, 15) is 13.6 Å². The van der Waals surface area contributed by atoms with Gasteiger partial charge in [0.15, 0.2) is 0 Å². The number of Topliss-reactive ketones (excluding diaryl/α,β-unsaturated/α-hetero) is 1. The molecular weight excluding hydrogens is 190 g/mol. The molecule has 70 valence electrons. The maximum Gasteiger partial charge on any atom is 0.380 e. The quantitative estimate of drug-likeness (QED) is 0.633. The summed E-state index contributed by atoms with van der Waals surface area (Å²) >= 11 is 4.59. The van der Waals surface area contributed by atoms with Crippen LogP contribution in [0.15, 0.2) is 0 Å². The Labute approximate surface area is 73.8 Å². The van der Waals surface area contributed by atoms with Crippen LogP contribution in [0.4, 0.5) is 8.78 Å². The molecule has 1 aliphatic heterocycles. The van der Waals surface area contributed by atoms with Crippen LogP contribution in [-0.2, 0) is 9.53 Å². The van der Waals surface area contributed by atoms with Gasteiger partial charge in [0.1, 0.15) is 0 Å². The molecule has 1 heterocycles. The maximum atomic E-state index is 12.3. The van der Waals surface area contributed by atoms with Gasteiger partial charge in [0.25, 0.3) is 0 Å². The molecular formula is C7H9ClF2O2. The summed E-state index contributed by atoms with van der Waals surface area (Å²) in [6.07, 6.45) is 0.697. The molecule has 0 amide bonds. The van der Waals surface area contributed by atoms with Crippen molar-refractivity contribution >= 4 is 17.4 Å². The zero-order valence-corrected chi connectivity index (χ0v) is 7.11. The highest BCUT2D eigenvalue weighted by atomic mass is 35.5. The molecule has 1 fully saturated rings. The Balaban J connectivity index is 2.51. The summed E-state index contributed by atoms with van der Waals surface area (Å²) in [5.74, 6) is -1.81. The lowest BCUT2D eigenvalue weighted by Crippen LogP contribution is -2.33. The predicted octanol–water partition coefficient (Wildman–Crippen LogP) is 1.81. The first-order valence-electron chi connectivity index (χ1n) is 3.70. The Morgan fingerprint density at radius 1 is 1.42 bits per heavy atom. The summed E-state index contributed by atoms with van der Waals surface area (Å²) in [6.45, 7) is 0.729. The summed E-state index contributed by atoms with van der Waals surface area (Å²) in [5, 5.41) is -3.71. The molecule has 0 spiro atoms. The van der Waals surface area contributed by atoms with Crippen molar-refractivity contribution in [1.82, 2.24) is 0 Å². The van der Waals surface area contributed by atoms with Crippen molar-refractivity contribution in [2.75, 3.05) is 13.2 Å². The number of ether oxygens (including phenoxy) is 1. The SMILES string of the molecule is O=C(C1CCOCC1)C(F)(F)Cl. The first kappa shape index (κ1) is 9.86. The van der Waals surface area contributed by atoms with Gasteiger partial charge in [-0.15, -0.1) is 0 Å². The molecule has 2 nitrogen and oxygen atoms in total. The van der Waals surface area contributed by atoms with Crippen LogP contribution < -0.4 is 0 Å². The van der Waals surface area contributed by atoms with Crippen LogP contribution in [0, 0.1) is 5.92 Å². The number of carbonyl (C=O) groups is 1. The van der Waals surface area contributed by atoms with Gasteiger partial charge in [0, 0.05) is 19.1 Å². The van der Waals surface area contributed by atoms with Crippen LogP contribution in [-0.4, -0.2) is 24.4 Å². The monoisotopic (exact) mass is 198 g/mol. The van der Waals surface area contributed by atoms with E-state index in [2.05, 4.69) is 11.6 Å². The van der Waals surface area contributed by atoms with Gasteiger partial charge in [0.05, 0.1) is 0 Å². The predicted molar refractivity (Wildman–Crippen MR) is 39.4 cm³/mol. The zero-order chi connectivity index (χ0) is 9.19. The highest BCUT2D eigenvalue weighted by Crippen LogP contribution is 2.28. The molecule has 1 rings (SSSR count). The van der Waals surface area contributed by atoms with Crippen molar-refractivity contribution in [1.29, 1.82) is 0 Å². The molecule has 0 atom stereocenters. The van der Waals surface area contributed by atoms with E-state index < -0.39 is 17.1 Å². The number of halogens is 3. The van der Waals surface area contributed by atoms with Crippen molar-refractivity contribution in [3.8, 4) is 0 Å². The van der Waals surface area contributed by atoms with Gasteiger partial charge in [-0.25, -0.2) is 0 Å². The lowest BCUT2D eigenvalue weighted by molar-refractivity contribution is -0.140. The molecule has 0 aromatic carbocycles. The van der Waals surface area contributed by atoms with E-state index in [0.29, 0.717) is 26.1 Å². The molecule has 0 unspecified atom stereocenters. The summed E-state index contributed by atoms with van der Waals surface area (Å²) < 4.78 is 29.5. The number of hydrogen-bond acceptors (Lipinski definition) is 2. The van der Waals surface area contributed by atoms with E-state index in [1.807, 2.05) is 0 Å². The molecule has 1 saturated heterocycles. The number of alkyl halides is 3. The molecule has 0 aromatic rings. The summed E-state index contributed by atoms with van der Waals surface area (Å²) in [4.78, 5) is 10.9. The Morgan fingerprint density at radius 3 is 2.33 bits per heavy atom. The minimum atomic E-state index is -3.71. The van der Waals surface area contributed by atoms with Crippen LogP contribution in [0.2, 0.25) is 0 Å². The molecule has 0 radical (unpaired) electrons. The fourth-order valence-corrected chi connectivity index (χ4v) is 1.35. The zero-order valence-electron chi connectivity index (χ0n) is 6.36. The number of carbonyl (C=O) groups excluding carboxylic acids is 1. The topological polar surface area (TPSA) is 26.3 Å². The Kier molecular flexibility index (Phi) is 3.01. The molecule has 0 aliphatic carbocycles. The molecule has 0 bridgehead atoms. The van der Waals surface area contributed by atoms with Gasteiger partial charge in [-0.05, 0) is 24.4 Å². The normalized spacial score (nSPS) is 20.9. The van der Waals surface area contributed by atoms with Crippen LogP contribution in [0.5, 0.6) is 0 Å². The van der Waals surface area contributed by atoms with Crippen LogP contribution in [0.25, 0.3) is 0 Å². The van der Waals surface area contributed by atoms with E-state index >= 15 is 0 Å². The molecule has 0 aromatic heterocycles. The summed E-state index contributed by atoms with van der Waals surface area (Å²) in [6, 6.07) is 0. The van der Waals surface area contributed by atoms with E-state index in [1.165, 1.54) is 0 Å². The second-order valence-electron chi connectivity index (χ2n) is 2.75. The summed E-state index contributed by atoms with van der Waals surface area (Å²) in [5.41, 5.74) is 0. The third-order valence-electron chi connectivity index (χ3n) is 1.87. The first-order chi connectivity index (χ1) is 5.52. The fourth-order valence-electron chi connectivity index (χ4n) is 1.19. The molecule has 1 aliphatic rings. The number of ketones is 1. The van der Waals surface area contributed by atoms with Crippen molar-refractivity contribution in [2.45, 2.75) is 18.2 Å². The van der Waals surface area contributed by atoms with Crippen molar-refractivity contribution in [3.63, 3.8) is 0 Å². The van der Waals surface area contributed by atoms with E-state index in [4.69, 9.17) is 4.74 Å². The minimum absolute atomic E-state index is 0.348. The minimum Gasteiger partial charge on any atom is -0.381 e. The van der Waals surface area contributed by atoms with E-state index in [0.717, 1.165) is 0 Å². The van der Waals surface area contributed by atoms with Gasteiger partial charge >= 0.3 is 5.38 Å². The molecule has 5 heteroatoms. The second-order valence-corrected chi connectivity index (χ2v) is 3.22. The lowest BCUT2D eigenvalue weighted by Gasteiger charge is -2.22. The Bertz CT molecular complexity index is 173. The molecule has 0 saturated carbocycles. The Morgan fingerprint density at radius 2 is 1.92 bits per heavy atom. The highest BCUT2D eigenvalue weighted by molar-refractivity contribution is 6.32. The van der Waals surface area contributed by atoms with Crippen LogP contribution >= 0.6 is 11.6 Å². The van der Waals surface area contributed by atoms with Crippen LogP contribution in [0.3, 0.4) is 0 Å². The van der Waals surface area contributed by atoms with Crippen LogP contribution in [0.1, 0.15) is 12.8 Å². The third kappa shape index (κ3) is 2.38. The molecule has 12 heavy (non-hydrogen) atoms. The average Bonchev–Trinajstić information content (AvgIpc) is 2.03. The summed E-state index contributed by atoms with van der Waals surface area (Å²) in [7, 11) is 0. The van der Waals surface area contributed by atoms with Crippen molar-refractivity contribution in [3.05, 3.63) is 0 Å². The third-order valence-corrected chi connectivity index (χ3v) is 2.06. The van der Waals surface area contributed by atoms with Crippen molar-refractivity contribution < 1.29 is 18.3 Å². The van der Waals surface area contributed by atoms with Gasteiger partial charge in [-0.3, -0.25) is 4.79 Å². The lowest BCUT2D eigenvalue weighted by atomic mass is 9.95. The second kappa shape index (κ2) is 3.66. The van der Waals surface area contributed by atoms with Gasteiger partial charge in [0.2, 0.25) is 5.78 Å². The average molecular weight is 199 g/mol. The Hall–Kier alpha value is -0.220. The molecule has 0 N–H and O–H groups in total. The number of rotatable bonds is 2.